The first-order valence-electron chi connectivity index (χ1n) is 6.39. The van der Waals surface area contributed by atoms with E-state index in [1.54, 1.807) is 4.90 Å². The highest BCUT2D eigenvalue weighted by Gasteiger charge is 2.13. The number of nitrogens with zero attached hydrogens (tertiary/aromatic N) is 2. The fourth-order valence-electron chi connectivity index (χ4n) is 2.13. The molecule has 2 heterocycles. The second-order valence-corrected chi connectivity index (χ2v) is 5.67. The molecule has 2 aromatic heterocycles. The summed E-state index contributed by atoms with van der Waals surface area (Å²) in [5.41, 5.74) is 3.46. The zero-order valence-electron chi connectivity index (χ0n) is 11.6. The molecule has 0 atom stereocenters. The van der Waals surface area contributed by atoms with Crippen LogP contribution < -0.4 is 0 Å². The van der Waals surface area contributed by atoms with E-state index in [4.69, 9.17) is 0 Å². The van der Waals surface area contributed by atoms with Crippen molar-refractivity contribution in [1.29, 1.82) is 0 Å². The second kappa shape index (κ2) is 6.02. The van der Waals surface area contributed by atoms with E-state index < -0.39 is 0 Å². The first-order chi connectivity index (χ1) is 9.09. The van der Waals surface area contributed by atoms with Crippen LogP contribution in [0, 0.1) is 13.8 Å². The van der Waals surface area contributed by atoms with Crippen LogP contribution in [0.2, 0.25) is 0 Å². The summed E-state index contributed by atoms with van der Waals surface area (Å²) in [5.74, 6) is 0.107. The molecule has 102 valence electrons. The van der Waals surface area contributed by atoms with Crippen molar-refractivity contribution in [2.45, 2.75) is 26.7 Å². The summed E-state index contributed by atoms with van der Waals surface area (Å²) in [4.78, 5) is 14.6. The maximum absolute atomic E-state index is 12.0. The van der Waals surface area contributed by atoms with E-state index in [1.807, 2.05) is 38.4 Å². The van der Waals surface area contributed by atoms with Crippen molar-refractivity contribution in [3.05, 3.63) is 39.3 Å². The number of carbonyl (C=O) groups is 1. The Hall–Kier alpha value is -1.62. The van der Waals surface area contributed by atoms with Gasteiger partial charge in [-0.05, 0) is 43.7 Å². The van der Waals surface area contributed by atoms with Gasteiger partial charge in [-0.1, -0.05) is 6.07 Å². The van der Waals surface area contributed by atoms with E-state index in [1.165, 1.54) is 16.9 Å². The highest BCUT2D eigenvalue weighted by atomic mass is 32.1. The van der Waals surface area contributed by atoms with Crippen LogP contribution in [-0.4, -0.2) is 34.6 Å². The second-order valence-electron chi connectivity index (χ2n) is 4.72. The molecule has 4 nitrogen and oxygen atoms in total. The molecule has 0 spiro atoms. The molecule has 0 radical (unpaired) electrons. The van der Waals surface area contributed by atoms with Crippen LogP contribution in [0.3, 0.4) is 0 Å². The molecular formula is C14H19N3OS. The Morgan fingerprint density at radius 2 is 2.26 bits per heavy atom. The Balaban J connectivity index is 1.84. The lowest BCUT2D eigenvalue weighted by molar-refractivity contribution is 0.0798. The molecule has 1 amide bonds. The minimum Gasteiger partial charge on any atom is -0.341 e. The number of H-pyrrole nitrogens is 1. The Morgan fingerprint density at radius 1 is 1.47 bits per heavy atom. The largest absolute Gasteiger partial charge is 0.341 e. The minimum absolute atomic E-state index is 0.107. The third-order valence-corrected chi connectivity index (χ3v) is 4.14. The standard InChI is InChI=1S/C14H19N3OS/c1-10-12(11(2)16-15-10)6-4-8-17(3)14(18)13-7-5-9-19-13/h5,7,9H,4,6,8H2,1-3H3,(H,15,16). The number of hydrogen-bond donors (Lipinski definition) is 1. The number of hydrogen-bond acceptors (Lipinski definition) is 3. The first kappa shape index (κ1) is 13.8. The van der Waals surface area contributed by atoms with Gasteiger partial charge in [0.25, 0.3) is 5.91 Å². The molecule has 0 aliphatic rings. The molecule has 19 heavy (non-hydrogen) atoms. The summed E-state index contributed by atoms with van der Waals surface area (Å²) >= 11 is 1.49. The average Bonchev–Trinajstić information content (AvgIpc) is 3.02. The Bertz CT molecular complexity index is 526. The average molecular weight is 277 g/mol. The summed E-state index contributed by atoms with van der Waals surface area (Å²) in [5, 5.41) is 9.11. The van der Waals surface area contributed by atoms with Gasteiger partial charge in [-0.2, -0.15) is 5.10 Å². The van der Waals surface area contributed by atoms with Crippen molar-refractivity contribution in [1.82, 2.24) is 15.1 Å². The van der Waals surface area contributed by atoms with Crippen LogP contribution in [-0.2, 0) is 6.42 Å². The van der Waals surface area contributed by atoms with Crippen molar-refractivity contribution in [3.8, 4) is 0 Å². The molecule has 2 rings (SSSR count). The molecule has 0 aromatic carbocycles. The molecule has 1 N–H and O–H groups in total. The summed E-state index contributed by atoms with van der Waals surface area (Å²) < 4.78 is 0. The van der Waals surface area contributed by atoms with Gasteiger partial charge in [-0.25, -0.2) is 0 Å². The number of aromatic nitrogens is 2. The third-order valence-electron chi connectivity index (χ3n) is 3.28. The summed E-state index contributed by atoms with van der Waals surface area (Å²) in [6.07, 6.45) is 1.91. The molecule has 2 aromatic rings. The van der Waals surface area contributed by atoms with Crippen LogP contribution in [0.15, 0.2) is 17.5 Å². The number of rotatable bonds is 5. The van der Waals surface area contributed by atoms with E-state index in [0.717, 1.165) is 35.7 Å². The van der Waals surface area contributed by atoms with Crippen LogP contribution in [0.5, 0.6) is 0 Å². The summed E-state index contributed by atoms with van der Waals surface area (Å²) in [7, 11) is 1.86. The van der Waals surface area contributed by atoms with Gasteiger partial charge in [0.05, 0.1) is 10.6 Å². The van der Waals surface area contributed by atoms with Gasteiger partial charge >= 0.3 is 0 Å². The van der Waals surface area contributed by atoms with Gasteiger partial charge in [0.2, 0.25) is 0 Å². The maximum atomic E-state index is 12.0. The predicted molar refractivity (Wildman–Crippen MR) is 77.7 cm³/mol. The number of aryl methyl sites for hydroxylation is 2. The van der Waals surface area contributed by atoms with E-state index in [-0.39, 0.29) is 5.91 Å². The molecule has 0 saturated carbocycles. The maximum Gasteiger partial charge on any atom is 0.263 e. The normalized spacial score (nSPS) is 10.7. The van der Waals surface area contributed by atoms with Crippen LogP contribution in [0.4, 0.5) is 0 Å². The summed E-state index contributed by atoms with van der Waals surface area (Å²) in [6, 6.07) is 3.78. The van der Waals surface area contributed by atoms with Crippen molar-refractivity contribution < 1.29 is 4.79 Å². The van der Waals surface area contributed by atoms with Gasteiger partial charge in [0, 0.05) is 19.3 Å². The molecule has 0 fully saturated rings. The first-order valence-corrected chi connectivity index (χ1v) is 7.27. The van der Waals surface area contributed by atoms with Crippen molar-refractivity contribution in [2.24, 2.45) is 0 Å². The third kappa shape index (κ3) is 3.23. The van der Waals surface area contributed by atoms with E-state index in [0.29, 0.717) is 0 Å². The number of amides is 1. The monoisotopic (exact) mass is 277 g/mol. The SMILES string of the molecule is Cc1n[nH]c(C)c1CCCN(C)C(=O)c1cccs1. The Morgan fingerprint density at radius 3 is 2.84 bits per heavy atom. The van der Waals surface area contributed by atoms with Gasteiger partial charge < -0.3 is 4.90 Å². The van der Waals surface area contributed by atoms with Gasteiger partial charge in [-0.3, -0.25) is 9.89 Å². The Kier molecular flexibility index (Phi) is 4.37. The fourth-order valence-corrected chi connectivity index (χ4v) is 2.84. The molecule has 0 unspecified atom stereocenters. The molecule has 0 aliphatic heterocycles. The zero-order chi connectivity index (χ0) is 13.8. The zero-order valence-corrected chi connectivity index (χ0v) is 12.4. The van der Waals surface area contributed by atoms with Gasteiger partial charge in [0.15, 0.2) is 0 Å². The van der Waals surface area contributed by atoms with E-state index in [2.05, 4.69) is 10.2 Å². The molecule has 0 bridgehead atoms. The molecule has 5 heteroatoms. The van der Waals surface area contributed by atoms with Crippen molar-refractivity contribution in [2.75, 3.05) is 13.6 Å². The lowest BCUT2D eigenvalue weighted by Crippen LogP contribution is -2.27. The quantitative estimate of drug-likeness (QED) is 0.913. The van der Waals surface area contributed by atoms with Crippen LogP contribution >= 0.6 is 11.3 Å². The lowest BCUT2D eigenvalue weighted by Gasteiger charge is -2.16. The predicted octanol–water partition coefficient (Wildman–Crippen LogP) is 2.79. The van der Waals surface area contributed by atoms with Gasteiger partial charge in [0.1, 0.15) is 0 Å². The topological polar surface area (TPSA) is 49.0 Å². The van der Waals surface area contributed by atoms with Gasteiger partial charge in [-0.15, -0.1) is 11.3 Å². The van der Waals surface area contributed by atoms with E-state index >= 15 is 0 Å². The minimum atomic E-state index is 0.107. The number of nitrogens with one attached hydrogen (secondary N) is 1. The molecular weight excluding hydrogens is 258 g/mol. The van der Waals surface area contributed by atoms with Crippen molar-refractivity contribution in [3.63, 3.8) is 0 Å². The van der Waals surface area contributed by atoms with E-state index in [9.17, 15) is 4.79 Å². The number of thiophene rings is 1. The number of carbonyl (C=O) groups excluding carboxylic acids is 1. The smallest absolute Gasteiger partial charge is 0.263 e. The molecule has 0 saturated heterocycles. The lowest BCUT2D eigenvalue weighted by atomic mass is 10.1. The molecule has 0 aliphatic carbocycles. The van der Waals surface area contributed by atoms with Crippen LogP contribution in [0.25, 0.3) is 0 Å². The Labute approximate surface area is 117 Å². The van der Waals surface area contributed by atoms with Crippen molar-refractivity contribution >= 4 is 17.2 Å². The highest BCUT2D eigenvalue weighted by molar-refractivity contribution is 7.12. The number of aromatic amines is 1. The van der Waals surface area contributed by atoms with Crippen LogP contribution in [0.1, 0.15) is 33.0 Å². The highest BCUT2D eigenvalue weighted by Crippen LogP contribution is 2.14. The summed E-state index contributed by atoms with van der Waals surface area (Å²) in [6.45, 7) is 4.82. The fraction of sp³-hybridized carbons (Fsp3) is 0.429.